The molecule has 0 bridgehead atoms. The number of fused-ring (bicyclic) bond motifs is 1. The van der Waals surface area contributed by atoms with Gasteiger partial charge in [0.2, 0.25) is 0 Å². The Balaban J connectivity index is 1.48. The molecule has 144 valence electrons. The second-order valence-electron chi connectivity index (χ2n) is 8.64. The van der Waals surface area contributed by atoms with Gasteiger partial charge < -0.3 is 0 Å². The van der Waals surface area contributed by atoms with Crippen molar-refractivity contribution in [3.8, 4) is 11.1 Å². The van der Waals surface area contributed by atoms with E-state index in [9.17, 15) is 4.39 Å². The summed E-state index contributed by atoms with van der Waals surface area (Å²) in [6, 6.07) is 10.1. The summed E-state index contributed by atoms with van der Waals surface area (Å²) in [5, 5.41) is 0. The minimum absolute atomic E-state index is 0.0933. The monoisotopic (exact) mass is 368 g/mol. The summed E-state index contributed by atoms with van der Waals surface area (Å²) in [6.45, 7) is 2.29. The number of benzene rings is 2. The van der Waals surface area contributed by atoms with Gasteiger partial charge in [0.05, 0.1) is 0 Å². The van der Waals surface area contributed by atoms with Crippen molar-refractivity contribution in [2.24, 2.45) is 17.8 Å². The molecular formula is C25H30F2. The Morgan fingerprint density at radius 3 is 2.30 bits per heavy atom. The molecule has 0 radical (unpaired) electrons. The van der Waals surface area contributed by atoms with Gasteiger partial charge in [0.15, 0.2) is 0 Å². The SMILES string of the molecule is CCCC1CCC(C2CCc3c(ccc(-c4ccc(F)cc4)c3F)C2)CC1. The molecule has 1 atom stereocenters. The van der Waals surface area contributed by atoms with E-state index in [4.69, 9.17) is 0 Å². The highest BCUT2D eigenvalue weighted by molar-refractivity contribution is 5.66. The largest absolute Gasteiger partial charge is 0.207 e. The van der Waals surface area contributed by atoms with Crippen LogP contribution in [0.1, 0.15) is 63.0 Å². The van der Waals surface area contributed by atoms with Crippen LogP contribution in [0.5, 0.6) is 0 Å². The number of hydrogen-bond donors (Lipinski definition) is 0. The Hall–Kier alpha value is -1.70. The highest BCUT2D eigenvalue weighted by Crippen LogP contribution is 2.42. The topological polar surface area (TPSA) is 0 Å². The molecule has 0 aromatic heterocycles. The molecule has 0 nitrogen and oxygen atoms in total. The average Bonchev–Trinajstić information content (AvgIpc) is 2.70. The Morgan fingerprint density at radius 1 is 0.852 bits per heavy atom. The Morgan fingerprint density at radius 2 is 1.59 bits per heavy atom. The third-order valence-electron chi connectivity index (χ3n) is 7.00. The van der Waals surface area contributed by atoms with E-state index < -0.39 is 0 Å². The molecule has 2 heteroatoms. The molecule has 2 aliphatic carbocycles. The van der Waals surface area contributed by atoms with E-state index in [1.165, 1.54) is 56.2 Å². The molecule has 2 aromatic carbocycles. The van der Waals surface area contributed by atoms with Crippen molar-refractivity contribution in [1.29, 1.82) is 0 Å². The van der Waals surface area contributed by atoms with Crippen molar-refractivity contribution < 1.29 is 8.78 Å². The van der Waals surface area contributed by atoms with E-state index in [-0.39, 0.29) is 11.6 Å². The fourth-order valence-electron chi connectivity index (χ4n) is 5.45. The number of hydrogen-bond acceptors (Lipinski definition) is 0. The van der Waals surface area contributed by atoms with Crippen molar-refractivity contribution in [3.05, 3.63) is 59.2 Å². The summed E-state index contributed by atoms with van der Waals surface area (Å²) < 4.78 is 28.3. The van der Waals surface area contributed by atoms with Crippen molar-refractivity contribution in [2.45, 2.75) is 64.7 Å². The van der Waals surface area contributed by atoms with Crippen molar-refractivity contribution in [1.82, 2.24) is 0 Å². The van der Waals surface area contributed by atoms with Crippen molar-refractivity contribution in [3.63, 3.8) is 0 Å². The van der Waals surface area contributed by atoms with E-state index in [1.54, 1.807) is 12.1 Å². The quantitative estimate of drug-likeness (QED) is 0.529. The van der Waals surface area contributed by atoms with Crippen molar-refractivity contribution >= 4 is 0 Å². The summed E-state index contributed by atoms with van der Waals surface area (Å²) in [7, 11) is 0. The normalized spacial score (nSPS) is 25.2. The first-order chi connectivity index (χ1) is 13.2. The van der Waals surface area contributed by atoms with E-state index >= 15 is 4.39 Å². The molecule has 1 unspecified atom stereocenters. The zero-order chi connectivity index (χ0) is 18.8. The van der Waals surface area contributed by atoms with Crippen LogP contribution < -0.4 is 0 Å². The first kappa shape index (κ1) is 18.7. The summed E-state index contributed by atoms with van der Waals surface area (Å²) in [5.74, 6) is 2.11. The maximum Gasteiger partial charge on any atom is 0.134 e. The average molecular weight is 369 g/mol. The van der Waals surface area contributed by atoms with Crippen LogP contribution in [-0.4, -0.2) is 0 Å². The van der Waals surface area contributed by atoms with Gasteiger partial charge in [-0.15, -0.1) is 0 Å². The molecule has 0 amide bonds. The van der Waals surface area contributed by atoms with E-state index in [2.05, 4.69) is 13.0 Å². The molecule has 1 saturated carbocycles. The van der Waals surface area contributed by atoms with Crippen LogP contribution >= 0.6 is 0 Å². The summed E-state index contributed by atoms with van der Waals surface area (Å²) >= 11 is 0. The third kappa shape index (κ3) is 3.95. The van der Waals surface area contributed by atoms with Gasteiger partial charge in [0, 0.05) is 5.56 Å². The lowest BCUT2D eigenvalue weighted by atomic mass is 9.69. The standard InChI is InChI=1S/C25H30F2/c1-2-3-17-4-6-18(7-5-17)20-10-14-24-21(16-20)11-15-23(25(24)27)19-8-12-22(26)13-9-19/h8-9,11-13,15,17-18,20H,2-7,10,14,16H2,1H3. The highest BCUT2D eigenvalue weighted by atomic mass is 19.1. The Bertz CT molecular complexity index is 770. The predicted molar refractivity (Wildman–Crippen MR) is 108 cm³/mol. The number of halogens is 2. The lowest BCUT2D eigenvalue weighted by molar-refractivity contribution is 0.183. The molecule has 0 aliphatic heterocycles. The van der Waals surface area contributed by atoms with Gasteiger partial charge in [0.1, 0.15) is 11.6 Å². The Kier molecular flexibility index (Phi) is 5.61. The van der Waals surface area contributed by atoms with Crippen LogP contribution in [0.3, 0.4) is 0 Å². The van der Waals surface area contributed by atoms with Gasteiger partial charge in [-0.3, -0.25) is 0 Å². The summed E-state index contributed by atoms with van der Waals surface area (Å²) in [6.07, 6.45) is 11.2. The highest BCUT2D eigenvalue weighted by Gasteiger charge is 2.31. The minimum atomic E-state index is -0.284. The lowest BCUT2D eigenvalue weighted by Crippen LogP contribution is -2.27. The zero-order valence-electron chi connectivity index (χ0n) is 16.3. The van der Waals surface area contributed by atoms with Gasteiger partial charge >= 0.3 is 0 Å². The zero-order valence-corrected chi connectivity index (χ0v) is 16.3. The van der Waals surface area contributed by atoms with Gasteiger partial charge in [-0.2, -0.15) is 0 Å². The maximum atomic E-state index is 15.2. The molecular weight excluding hydrogens is 338 g/mol. The third-order valence-corrected chi connectivity index (χ3v) is 7.00. The molecule has 2 aromatic rings. The fraction of sp³-hybridized carbons (Fsp3) is 0.520. The second-order valence-corrected chi connectivity index (χ2v) is 8.64. The smallest absolute Gasteiger partial charge is 0.134 e. The molecule has 2 aliphatic rings. The van der Waals surface area contributed by atoms with Gasteiger partial charge in [-0.1, -0.05) is 56.9 Å². The Labute approximate surface area is 162 Å². The van der Waals surface area contributed by atoms with Gasteiger partial charge in [-0.05, 0) is 78.7 Å². The van der Waals surface area contributed by atoms with Crippen LogP contribution in [0.4, 0.5) is 8.78 Å². The first-order valence-corrected chi connectivity index (χ1v) is 10.7. The van der Waals surface area contributed by atoms with Gasteiger partial charge in [0.25, 0.3) is 0 Å². The minimum Gasteiger partial charge on any atom is -0.207 e. The second kappa shape index (κ2) is 8.12. The molecule has 1 fully saturated rings. The number of rotatable bonds is 4. The lowest BCUT2D eigenvalue weighted by Gasteiger charge is -2.36. The predicted octanol–water partition coefficient (Wildman–Crippen LogP) is 7.34. The van der Waals surface area contributed by atoms with Crippen LogP contribution in [-0.2, 0) is 12.8 Å². The van der Waals surface area contributed by atoms with Crippen LogP contribution in [0.15, 0.2) is 36.4 Å². The van der Waals surface area contributed by atoms with E-state index in [1.807, 2.05) is 6.07 Å². The van der Waals surface area contributed by atoms with Crippen LogP contribution in [0.2, 0.25) is 0 Å². The molecule has 0 spiro atoms. The molecule has 4 rings (SSSR count). The molecule has 0 saturated heterocycles. The maximum absolute atomic E-state index is 15.2. The van der Waals surface area contributed by atoms with E-state index in [0.29, 0.717) is 5.56 Å². The summed E-state index contributed by atoms with van der Waals surface area (Å²) in [5.41, 5.74) is 3.46. The van der Waals surface area contributed by atoms with E-state index in [0.717, 1.165) is 48.1 Å². The van der Waals surface area contributed by atoms with Gasteiger partial charge in [-0.25, -0.2) is 8.78 Å². The fourth-order valence-corrected chi connectivity index (χ4v) is 5.45. The van der Waals surface area contributed by atoms with Crippen LogP contribution in [0, 0.1) is 29.4 Å². The van der Waals surface area contributed by atoms with Crippen LogP contribution in [0.25, 0.3) is 11.1 Å². The molecule has 27 heavy (non-hydrogen) atoms. The molecule has 0 heterocycles. The molecule has 0 N–H and O–H groups in total. The summed E-state index contributed by atoms with van der Waals surface area (Å²) in [4.78, 5) is 0. The first-order valence-electron chi connectivity index (χ1n) is 10.7. The van der Waals surface area contributed by atoms with Crippen molar-refractivity contribution in [2.75, 3.05) is 0 Å².